The lowest BCUT2D eigenvalue weighted by atomic mass is 10.1. The zero-order valence-corrected chi connectivity index (χ0v) is 8.94. The van der Waals surface area contributed by atoms with Crippen LogP contribution < -0.4 is 5.73 Å². The largest absolute Gasteiger partial charge is 0.326 e. The van der Waals surface area contributed by atoms with E-state index in [9.17, 15) is 0 Å². The van der Waals surface area contributed by atoms with Gasteiger partial charge in [-0.05, 0) is 11.7 Å². The molecule has 0 amide bonds. The van der Waals surface area contributed by atoms with Crippen LogP contribution in [0.15, 0.2) is 0 Å². The van der Waals surface area contributed by atoms with Crippen LogP contribution in [0.1, 0.15) is 13.8 Å². The van der Waals surface area contributed by atoms with Gasteiger partial charge < -0.3 is 10.6 Å². The summed E-state index contributed by atoms with van der Waals surface area (Å²) in [6.07, 6.45) is 0. The third-order valence-corrected chi connectivity index (χ3v) is 3.38. The minimum Gasteiger partial charge on any atom is -0.326 e. The molecular weight excluding hydrogens is 168 g/mol. The predicted molar refractivity (Wildman–Crippen MR) is 56.6 cm³/mol. The van der Waals surface area contributed by atoms with Gasteiger partial charge in [0.2, 0.25) is 0 Å². The van der Waals surface area contributed by atoms with Gasteiger partial charge in [0, 0.05) is 31.4 Å². The van der Waals surface area contributed by atoms with Crippen LogP contribution in [-0.2, 0) is 0 Å². The lowest BCUT2D eigenvalue weighted by Gasteiger charge is -2.13. The number of rotatable bonds is 4. The van der Waals surface area contributed by atoms with E-state index in [0.717, 1.165) is 6.54 Å². The van der Waals surface area contributed by atoms with Gasteiger partial charge in [0.05, 0.1) is 0 Å². The Labute approximate surface area is 79.9 Å². The number of likely N-dealkylation sites (tertiary alicyclic amines) is 1. The van der Waals surface area contributed by atoms with Crippen molar-refractivity contribution < 1.29 is 0 Å². The highest BCUT2D eigenvalue weighted by Gasteiger charge is 2.25. The molecule has 0 aliphatic carbocycles. The van der Waals surface area contributed by atoms with Crippen LogP contribution in [0, 0.1) is 5.92 Å². The third-order valence-electron chi connectivity index (χ3n) is 2.50. The lowest BCUT2D eigenvalue weighted by molar-refractivity contribution is 0.348. The molecule has 0 radical (unpaired) electrons. The average molecular weight is 188 g/mol. The molecule has 12 heavy (non-hydrogen) atoms. The number of thioether (sulfide) groups is 1. The van der Waals surface area contributed by atoms with Crippen molar-refractivity contribution in [2.75, 3.05) is 31.1 Å². The highest BCUT2D eigenvalue weighted by atomic mass is 32.2. The standard InChI is InChI=1S/C9H20N2S/c1-3-12-5-4-11-6-8(2)9(10)7-11/h8-9H,3-7,10H2,1-2H3. The third kappa shape index (κ3) is 2.96. The number of nitrogens with zero attached hydrogens (tertiary/aromatic N) is 1. The Balaban J connectivity index is 2.10. The van der Waals surface area contributed by atoms with Gasteiger partial charge in [0.25, 0.3) is 0 Å². The van der Waals surface area contributed by atoms with Crippen molar-refractivity contribution in [2.24, 2.45) is 11.7 Å². The molecule has 2 N–H and O–H groups in total. The molecule has 3 heteroatoms. The molecule has 1 heterocycles. The van der Waals surface area contributed by atoms with Crippen molar-refractivity contribution in [3.63, 3.8) is 0 Å². The van der Waals surface area contributed by atoms with Crippen molar-refractivity contribution in [1.29, 1.82) is 0 Å². The Bertz CT molecular complexity index is 120. The number of hydrogen-bond acceptors (Lipinski definition) is 3. The zero-order chi connectivity index (χ0) is 8.97. The first kappa shape index (κ1) is 10.4. The summed E-state index contributed by atoms with van der Waals surface area (Å²) in [6.45, 7) is 7.98. The smallest absolute Gasteiger partial charge is 0.0206 e. The van der Waals surface area contributed by atoms with E-state index in [2.05, 4.69) is 18.7 Å². The fourth-order valence-electron chi connectivity index (χ4n) is 1.62. The molecule has 2 atom stereocenters. The highest BCUT2D eigenvalue weighted by molar-refractivity contribution is 7.99. The van der Waals surface area contributed by atoms with Crippen molar-refractivity contribution in [1.82, 2.24) is 4.90 Å². The molecule has 1 saturated heterocycles. The van der Waals surface area contributed by atoms with Gasteiger partial charge in [0.15, 0.2) is 0 Å². The summed E-state index contributed by atoms with van der Waals surface area (Å²) in [4.78, 5) is 2.48. The van der Waals surface area contributed by atoms with Gasteiger partial charge in [-0.15, -0.1) is 0 Å². The fourth-order valence-corrected chi connectivity index (χ4v) is 2.29. The summed E-state index contributed by atoms with van der Waals surface area (Å²) in [6, 6.07) is 0.414. The second-order valence-corrected chi connectivity index (χ2v) is 4.99. The summed E-state index contributed by atoms with van der Waals surface area (Å²) in [7, 11) is 0. The molecule has 1 aliphatic heterocycles. The van der Waals surface area contributed by atoms with Crippen molar-refractivity contribution >= 4 is 11.8 Å². The van der Waals surface area contributed by atoms with E-state index >= 15 is 0 Å². The van der Waals surface area contributed by atoms with E-state index in [1.807, 2.05) is 11.8 Å². The predicted octanol–water partition coefficient (Wildman–Crippen LogP) is 1.02. The van der Waals surface area contributed by atoms with E-state index < -0.39 is 0 Å². The van der Waals surface area contributed by atoms with Crippen LogP contribution in [0.3, 0.4) is 0 Å². The van der Waals surface area contributed by atoms with Crippen LogP contribution in [0.5, 0.6) is 0 Å². The van der Waals surface area contributed by atoms with E-state index in [1.54, 1.807) is 0 Å². The normalized spacial score (nSPS) is 31.2. The Morgan fingerprint density at radius 1 is 1.50 bits per heavy atom. The highest BCUT2D eigenvalue weighted by Crippen LogP contribution is 2.14. The molecule has 2 unspecified atom stereocenters. The SMILES string of the molecule is CCSCCN1CC(C)C(N)C1. The van der Waals surface area contributed by atoms with Gasteiger partial charge in [-0.3, -0.25) is 0 Å². The first-order valence-electron chi connectivity index (χ1n) is 4.79. The summed E-state index contributed by atoms with van der Waals surface area (Å²) >= 11 is 2.01. The number of hydrogen-bond donors (Lipinski definition) is 1. The Kier molecular flexibility index (Phi) is 4.40. The average Bonchev–Trinajstić information content (AvgIpc) is 2.32. The lowest BCUT2D eigenvalue weighted by Crippen LogP contribution is -2.29. The molecule has 1 aliphatic rings. The maximum Gasteiger partial charge on any atom is 0.0206 e. The van der Waals surface area contributed by atoms with E-state index in [-0.39, 0.29) is 0 Å². The zero-order valence-electron chi connectivity index (χ0n) is 8.12. The van der Waals surface area contributed by atoms with Gasteiger partial charge in [0.1, 0.15) is 0 Å². The summed E-state index contributed by atoms with van der Waals surface area (Å²) in [5, 5.41) is 0. The second-order valence-electron chi connectivity index (χ2n) is 3.60. The van der Waals surface area contributed by atoms with Crippen molar-refractivity contribution in [3.8, 4) is 0 Å². The summed E-state index contributed by atoms with van der Waals surface area (Å²) in [5.74, 6) is 3.18. The first-order chi connectivity index (χ1) is 5.74. The van der Waals surface area contributed by atoms with Crippen molar-refractivity contribution in [3.05, 3.63) is 0 Å². The first-order valence-corrected chi connectivity index (χ1v) is 5.95. The second kappa shape index (κ2) is 5.10. The molecule has 0 aromatic rings. The number of nitrogens with two attached hydrogens (primary N) is 1. The quantitative estimate of drug-likeness (QED) is 0.668. The maximum atomic E-state index is 5.92. The van der Waals surface area contributed by atoms with Crippen LogP contribution in [0.4, 0.5) is 0 Å². The van der Waals surface area contributed by atoms with Gasteiger partial charge >= 0.3 is 0 Å². The van der Waals surface area contributed by atoms with Crippen LogP contribution >= 0.6 is 11.8 Å². The maximum absolute atomic E-state index is 5.92. The van der Waals surface area contributed by atoms with Crippen LogP contribution in [0.2, 0.25) is 0 Å². The van der Waals surface area contributed by atoms with Gasteiger partial charge in [-0.25, -0.2) is 0 Å². The van der Waals surface area contributed by atoms with E-state index in [0.29, 0.717) is 12.0 Å². The van der Waals surface area contributed by atoms with Crippen LogP contribution in [-0.4, -0.2) is 42.1 Å². The van der Waals surface area contributed by atoms with Gasteiger partial charge in [-0.1, -0.05) is 13.8 Å². The van der Waals surface area contributed by atoms with E-state index in [1.165, 1.54) is 24.6 Å². The minimum atomic E-state index is 0.414. The molecule has 1 rings (SSSR count). The minimum absolute atomic E-state index is 0.414. The topological polar surface area (TPSA) is 29.3 Å². The van der Waals surface area contributed by atoms with E-state index in [4.69, 9.17) is 5.73 Å². The Morgan fingerprint density at radius 3 is 2.75 bits per heavy atom. The molecule has 2 nitrogen and oxygen atoms in total. The summed E-state index contributed by atoms with van der Waals surface area (Å²) in [5.41, 5.74) is 5.92. The Morgan fingerprint density at radius 2 is 2.25 bits per heavy atom. The molecule has 0 saturated carbocycles. The molecule has 72 valence electrons. The molecule has 1 fully saturated rings. The van der Waals surface area contributed by atoms with Gasteiger partial charge in [-0.2, -0.15) is 11.8 Å². The van der Waals surface area contributed by atoms with Crippen LogP contribution in [0.25, 0.3) is 0 Å². The van der Waals surface area contributed by atoms with Crippen molar-refractivity contribution in [2.45, 2.75) is 19.9 Å². The molecular formula is C9H20N2S. The monoisotopic (exact) mass is 188 g/mol. The molecule has 0 aromatic carbocycles. The molecule has 0 spiro atoms. The molecule has 0 aromatic heterocycles. The molecule has 0 bridgehead atoms. The summed E-state index contributed by atoms with van der Waals surface area (Å²) < 4.78 is 0. The fraction of sp³-hybridized carbons (Fsp3) is 1.00. The Hall–Kier alpha value is 0.270.